The van der Waals surface area contributed by atoms with E-state index >= 15 is 0 Å². The number of halogens is 1. The second-order valence-electron chi connectivity index (χ2n) is 5.18. The summed E-state index contributed by atoms with van der Waals surface area (Å²) >= 11 is 10.2. The Bertz CT molecular complexity index is 307. The summed E-state index contributed by atoms with van der Waals surface area (Å²) in [5, 5.41) is 8.87. The summed E-state index contributed by atoms with van der Waals surface area (Å²) in [6, 6.07) is 0. The van der Waals surface area contributed by atoms with Crippen molar-refractivity contribution in [3.63, 3.8) is 0 Å². The zero-order valence-electron chi connectivity index (χ0n) is 10.1. The molecule has 1 heterocycles. The predicted octanol–water partition coefficient (Wildman–Crippen LogP) is 3.83. The van der Waals surface area contributed by atoms with Crippen molar-refractivity contribution in [1.29, 1.82) is 0 Å². The van der Waals surface area contributed by atoms with Crippen LogP contribution in [-0.2, 0) is 4.79 Å². The second kappa shape index (κ2) is 5.22. The monoisotopic (exact) mass is 294 g/mol. The van der Waals surface area contributed by atoms with Crippen molar-refractivity contribution in [3.8, 4) is 0 Å². The molecule has 2 nitrogen and oxygen atoms in total. The van der Waals surface area contributed by atoms with Crippen LogP contribution in [0, 0.1) is 5.92 Å². The molecule has 3 unspecified atom stereocenters. The molecule has 0 aromatic rings. The zero-order chi connectivity index (χ0) is 12.5. The molecule has 3 atom stereocenters. The van der Waals surface area contributed by atoms with Crippen LogP contribution >= 0.6 is 35.1 Å². The molecule has 98 valence electrons. The summed E-state index contributed by atoms with van der Waals surface area (Å²) in [7, 11) is 0. The van der Waals surface area contributed by atoms with E-state index in [1.165, 1.54) is 0 Å². The van der Waals surface area contributed by atoms with Gasteiger partial charge in [0.25, 0.3) is 0 Å². The van der Waals surface area contributed by atoms with Crippen molar-refractivity contribution in [2.24, 2.45) is 5.92 Å². The minimum atomic E-state index is -0.654. The van der Waals surface area contributed by atoms with Crippen LogP contribution in [0.25, 0.3) is 0 Å². The maximum atomic E-state index is 10.8. The van der Waals surface area contributed by atoms with E-state index in [1.807, 2.05) is 23.5 Å². The zero-order valence-corrected chi connectivity index (χ0v) is 12.5. The molecular weight excluding hydrogens is 276 g/mol. The van der Waals surface area contributed by atoms with E-state index in [0.717, 1.165) is 31.4 Å². The number of hydrogen-bond acceptors (Lipinski definition) is 3. The first-order chi connectivity index (χ1) is 8.03. The van der Waals surface area contributed by atoms with Gasteiger partial charge in [0.2, 0.25) is 0 Å². The van der Waals surface area contributed by atoms with Crippen LogP contribution in [0.15, 0.2) is 0 Å². The first-order valence-electron chi connectivity index (χ1n) is 6.15. The molecule has 1 spiro atoms. The van der Waals surface area contributed by atoms with Crippen molar-refractivity contribution in [2.45, 2.75) is 47.9 Å². The van der Waals surface area contributed by atoms with Crippen LogP contribution in [0.4, 0.5) is 0 Å². The van der Waals surface area contributed by atoms with E-state index < -0.39 is 5.97 Å². The maximum absolute atomic E-state index is 10.8. The molecule has 1 aliphatic carbocycles. The third kappa shape index (κ3) is 2.90. The number of hydrogen-bond donors (Lipinski definition) is 1. The first-order valence-corrected chi connectivity index (χ1v) is 8.49. The van der Waals surface area contributed by atoms with Crippen LogP contribution < -0.4 is 0 Å². The van der Waals surface area contributed by atoms with Crippen molar-refractivity contribution < 1.29 is 9.90 Å². The molecule has 17 heavy (non-hydrogen) atoms. The SMILES string of the molecule is CCC1(CCl)CSC2(CCC(CC(=O)O)C2)S1. The average molecular weight is 295 g/mol. The number of aliphatic carboxylic acids is 1. The number of alkyl halides is 1. The molecule has 2 aliphatic rings. The van der Waals surface area contributed by atoms with Crippen molar-refractivity contribution in [2.75, 3.05) is 11.6 Å². The van der Waals surface area contributed by atoms with Crippen LogP contribution in [0.1, 0.15) is 39.0 Å². The quantitative estimate of drug-likeness (QED) is 0.800. The number of rotatable bonds is 4. The Balaban J connectivity index is 1.98. The highest BCUT2D eigenvalue weighted by Gasteiger charge is 2.51. The Hall–Kier alpha value is 0.460. The lowest BCUT2D eigenvalue weighted by Crippen LogP contribution is -2.27. The fraction of sp³-hybridized carbons (Fsp3) is 0.917. The van der Waals surface area contributed by atoms with Gasteiger partial charge in [-0.05, 0) is 31.6 Å². The van der Waals surface area contributed by atoms with E-state index in [0.29, 0.717) is 18.2 Å². The Labute approximate surface area is 116 Å². The molecule has 0 aromatic carbocycles. The standard InChI is InChI=1S/C12H19ClO2S2/c1-2-11(7-13)8-16-12(17-11)4-3-9(6-12)5-10(14)15/h9H,2-8H2,1H3,(H,14,15). The van der Waals surface area contributed by atoms with E-state index in [1.54, 1.807) is 0 Å². The number of carboxylic acids is 1. The number of thioether (sulfide) groups is 2. The Kier molecular flexibility index (Phi) is 4.26. The lowest BCUT2D eigenvalue weighted by molar-refractivity contribution is -0.138. The molecule has 1 saturated heterocycles. The number of carbonyl (C=O) groups is 1. The molecule has 1 N–H and O–H groups in total. The maximum Gasteiger partial charge on any atom is 0.303 e. The third-order valence-corrected chi connectivity index (χ3v) is 8.69. The van der Waals surface area contributed by atoms with Gasteiger partial charge in [-0.25, -0.2) is 0 Å². The highest BCUT2D eigenvalue weighted by molar-refractivity contribution is 8.22. The summed E-state index contributed by atoms with van der Waals surface area (Å²) in [5.74, 6) is 1.55. The molecule has 0 radical (unpaired) electrons. The van der Waals surface area contributed by atoms with Gasteiger partial charge in [-0.2, -0.15) is 0 Å². The first kappa shape index (κ1) is 13.9. The average Bonchev–Trinajstić information content (AvgIpc) is 2.84. The van der Waals surface area contributed by atoms with E-state index in [2.05, 4.69) is 6.92 Å². The van der Waals surface area contributed by atoms with Crippen LogP contribution in [0.5, 0.6) is 0 Å². The van der Waals surface area contributed by atoms with Gasteiger partial charge in [-0.15, -0.1) is 35.1 Å². The van der Waals surface area contributed by atoms with Crippen LogP contribution in [-0.4, -0.2) is 31.5 Å². The third-order valence-electron chi connectivity index (χ3n) is 3.89. The van der Waals surface area contributed by atoms with Gasteiger partial charge in [0, 0.05) is 22.8 Å². The minimum Gasteiger partial charge on any atom is -0.481 e. The highest BCUT2D eigenvalue weighted by Crippen LogP contribution is 2.63. The molecule has 5 heteroatoms. The summed E-state index contributed by atoms with van der Waals surface area (Å²) in [4.78, 5) is 10.8. The van der Waals surface area contributed by atoms with Crippen molar-refractivity contribution in [3.05, 3.63) is 0 Å². The molecule has 2 rings (SSSR count). The largest absolute Gasteiger partial charge is 0.481 e. The topological polar surface area (TPSA) is 37.3 Å². The minimum absolute atomic E-state index is 0.227. The van der Waals surface area contributed by atoms with Gasteiger partial charge in [0.05, 0.1) is 4.08 Å². The summed E-state index contributed by atoms with van der Waals surface area (Å²) in [6.07, 6.45) is 4.71. The van der Waals surface area contributed by atoms with Crippen molar-refractivity contribution in [1.82, 2.24) is 0 Å². The number of carboxylic acid groups (broad SMARTS) is 1. The lowest BCUT2D eigenvalue weighted by Gasteiger charge is -2.27. The molecule has 0 aromatic heterocycles. The van der Waals surface area contributed by atoms with Crippen molar-refractivity contribution >= 4 is 41.1 Å². The van der Waals surface area contributed by atoms with Gasteiger partial charge in [0.15, 0.2) is 0 Å². The van der Waals surface area contributed by atoms with Gasteiger partial charge in [0.1, 0.15) is 0 Å². The van der Waals surface area contributed by atoms with Crippen LogP contribution in [0.3, 0.4) is 0 Å². The molecule has 0 bridgehead atoms. The lowest BCUT2D eigenvalue weighted by atomic mass is 10.1. The Morgan fingerprint density at radius 1 is 1.59 bits per heavy atom. The normalized spacial score (nSPS) is 41.2. The Morgan fingerprint density at radius 3 is 2.88 bits per heavy atom. The molecule has 1 saturated carbocycles. The fourth-order valence-corrected chi connectivity index (χ4v) is 7.65. The molecule has 1 aliphatic heterocycles. The highest BCUT2D eigenvalue weighted by atomic mass is 35.5. The fourth-order valence-electron chi connectivity index (χ4n) is 2.76. The summed E-state index contributed by atoms with van der Waals surface area (Å²) < 4.78 is 0.495. The van der Waals surface area contributed by atoms with Crippen LogP contribution in [0.2, 0.25) is 0 Å². The molecular formula is C12H19ClO2S2. The van der Waals surface area contributed by atoms with Gasteiger partial charge in [-0.3, -0.25) is 4.79 Å². The van der Waals surface area contributed by atoms with Gasteiger partial charge >= 0.3 is 5.97 Å². The summed E-state index contributed by atoms with van der Waals surface area (Å²) in [6.45, 7) is 2.21. The van der Waals surface area contributed by atoms with E-state index in [4.69, 9.17) is 16.7 Å². The predicted molar refractivity (Wildman–Crippen MR) is 76.1 cm³/mol. The van der Waals surface area contributed by atoms with E-state index in [-0.39, 0.29) is 8.83 Å². The molecule has 2 fully saturated rings. The smallest absolute Gasteiger partial charge is 0.303 e. The van der Waals surface area contributed by atoms with E-state index in [9.17, 15) is 4.79 Å². The van der Waals surface area contributed by atoms with Gasteiger partial charge < -0.3 is 5.11 Å². The molecule has 0 amide bonds. The second-order valence-corrected chi connectivity index (χ2v) is 8.91. The summed E-state index contributed by atoms with van der Waals surface area (Å²) in [5.41, 5.74) is 0. The van der Waals surface area contributed by atoms with Gasteiger partial charge in [-0.1, -0.05) is 6.92 Å². The Morgan fingerprint density at radius 2 is 2.35 bits per heavy atom.